The predicted octanol–water partition coefficient (Wildman–Crippen LogP) is 4.99. The molecule has 0 saturated heterocycles. The smallest absolute Gasteiger partial charge is 0.257 e. The lowest BCUT2D eigenvalue weighted by Gasteiger charge is -2.14. The number of anilines is 1. The first-order valence-corrected chi connectivity index (χ1v) is 9.82. The summed E-state index contributed by atoms with van der Waals surface area (Å²) in [5, 5.41) is 6.12. The number of nitrogens with one attached hydrogen (secondary N) is 2. The van der Waals surface area contributed by atoms with E-state index < -0.39 is 0 Å². The second-order valence-electron chi connectivity index (χ2n) is 6.90. The molecule has 5 heteroatoms. The van der Waals surface area contributed by atoms with Gasteiger partial charge in [0.1, 0.15) is 0 Å². The molecule has 1 amide bonds. The average Bonchev–Trinajstić information content (AvgIpc) is 2.78. The summed E-state index contributed by atoms with van der Waals surface area (Å²) in [4.78, 5) is 21.2. The molecule has 29 heavy (non-hydrogen) atoms. The molecule has 0 saturated carbocycles. The van der Waals surface area contributed by atoms with E-state index >= 15 is 0 Å². The number of rotatable bonds is 6. The Hall–Kier alpha value is -3.47. The molecule has 0 radical (unpaired) electrons. The van der Waals surface area contributed by atoms with Crippen molar-refractivity contribution >= 4 is 17.6 Å². The maximum Gasteiger partial charge on any atom is 0.257 e. The van der Waals surface area contributed by atoms with E-state index in [9.17, 15) is 4.79 Å². The van der Waals surface area contributed by atoms with Crippen LogP contribution in [0.3, 0.4) is 0 Å². The quantitative estimate of drug-likeness (QED) is 0.463. The van der Waals surface area contributed by atoms with E-state index in [1.54, 1.807) is 24.5 Å². The van der Waals surface area contributed by atoms with Gasteiger partial charge in [-0.05, 0) is 59.9 Å². The minimum Gasteiger partial charge on any atom is -0.326 e. The van der Waals surface area contributed by atoms with Gasteiger partial charge >= 0.3 is 0 Å². The summed E-state index contributed by atoms with van der Waals surface area (Å²) in [7, 11) is 0. The van der Waals surface area contributed by atoms with Crippen molar-refractivity contribution < 1.29 is 4.79 Å². The van der Waals surface area contributed by atoms with E-state index in [0.29, 0.717) is 24.0 Å². The first-order chi connectivity index (χ1) is 14.2. The maximum atomic E-state index is 12.6. The van der Waals surface area contributed by atoms with Crippen molar-refractivity contribution in [3.63, 3.8) is 0 Å². The van der Waals surface area contributed by atoms with Crippen molar-refractivity contribution in [1.82, 2.24) is 10.3 Å². The van der Waals surface area contributed by atoms with Crippen LogP contribution in [0.4, 0.5) is 5.69 Å². The molecule has 1 heterocycles. The van der Waals surface area contributed by atoms with Crippen LogP contribution in [0, 0.1) is 0 Å². The van der Waals surface area contributed by atoms with Gasteiger partial charge in [0.15, 0.2) is 0 Å². The number of hydrogen-bond acceptors (Lipinski definition) is 3. The Morgan fingerprint density at radius 1 is 1.00 bits per heavy atom. The van der Waals surface area contributed by atoms with Crippen LogP contribution >= 0.6 is 0 Å². The van der Waals surface area contributed by atoms with Crippen LogP contribution in [0.1, 0.15) is 47.7 Å². The molecule has 0 fully saturated rings. The Balaban J connectivity index is 1.77. The highest BCUT2D eigenvalue weighted by Gasteiger charge is 2.10. The molecule has 1 atom stereocenters. The first kappa shape index (κ1) is 20.3. The molecule has 0 bridgehead atoms. The van der Waals surface area contributed by atoms with Gasteiger partial charge in [-0.1, -0.05) is 44.2 Å². The van der Waals surface area contributed by atoms with E-state index in [0.717, 1.165) is 17.7 Å². The van der Waals surface area contributed by atoms with Gasteiger partial charge in [-0.25, -0.2) is 4.99 Å². The van der Waals surface area contributed by atoms with E-state index in [-0.39, 0.29) is 5.91 Å². The normalized spacial score (nSPS) is 12.3. The van der Waals surface area contributed by atoms with Crippen LogP contribution in [0.2, 0.25) is 0 Å². The molecular weight excluding hydrogens is 360 g/mol. The van der Waals surface area contributed by atoms with Gasteiger partial charge in [-0.3, -0.25) is 15.1 Å². The summed E-state index contributed by atoms with van der Waals surface area (Å²) < 4.78 is 0. The summed E-state index contributed by atoms with van der Waals surface area (Å²) in [6, 6.07) is 21.2. The number of carbonyl (C=O) groups excluding carboxylic acids is 1. The molecule has 0 aliphatic rings. The van der Waals surface area contributed by atoms with E-state index in [4.69, 9.17) is 0 Å². The molecule has 0 aliphatic heterocycles. The first-order valence-electron chi connectivity index (χ1n) is 9.82. The number of hydrogen-bond donors (Lipinski definition) is 2. The van der Waals surface area contributed by atoms with Crippen LogP contribution in [0.25, 0.3) is 0 Å². The number of guanidine groups is 1. The standard InChI is InChI=1S/C24H26N4O/c1-3-18(2)20-9-11-22(12-10-20)27-24(26-17-19-13-15-25-16-14-19)28-23(29)21-7-5-4-6-8-21/h4-16,18H,3,17H2,1-2H3,(H2,26,27,28,29)/t18-/m1/s1. The summed E-state index contributed by atoms with van der Waals surface area (Å²) >= 11 is 0. The number of nitrogens with zero attached hydrogens (tertiary/aromatic N) is 2. The van der Waals surface area contributed by atoms with Crippen molar-refractivity contribution in [3.05, 3.63) is 95.8 Å². The van der Waals surface area contributed by atoms with Crippen LogP contribution in [-0.4, -0.2) is 16.9 Å². The highest BCUT2D eigenvalue weighted by Crippen LogP contribution is 2.20. The zero-order valence-corrected chi connectivity index (χ0v) is 16.8. The lowest BCUT2D eigenvalue weighted by atomic mass is 9.99. The topological polar surface area (TPSA) is 66.4 Å². The Morgan fingerprint density at radius 2 is 1.69 bits per heavy atom. The van der Waals surface area contributed by atoms with Gasteiger partial charge in [-0.2, -0.15) is 0 Å². The van der Waals surface area contributed by atoms with Gasteiger partial charge in [0, 0.05) is 23.6 Å². The molecule has 1 aromatic heterocycles. The monoisotopic (exact) mass is 386 g/mol. The SMILES string of the molecule is CC[C@@H](C)c1ccc(NC(=NCc2ccncc2)NC(=O)c2ccccc2)cc1. The lowest BCUT2D eigenvalue weighted by molar-refractivity contribution is 0.0977. The van der Waals surface area contributed by atoms with Crippen LogP contribution in [0.15, 0.2) is 84.1 Å². The molecule has 148 valence electrons. The highest BCUT2D eigenvalue weighted by molar-refractivity contribution is 6.09. The van der Waals surface area contributed by atoms with Crippen LogP contribution in [0.5, 0.6) is 0 Å². The summed E-state index contributed by atoms with van der Waals surface area (Å²) in [5.41, 5.74) is 3.76. The fourth-order valence-electron chi connectivity index (χ4n) is 2.81. The fraction of sp³-hybridized carbons (Fsp3) is 0.208. The number of amides is 1. The minimum absolute atomic E-state index is 0.206. The third-order valence-corrected chi connectivity index (χ3v) is 4.79. The molecule has 0 spiro atoms. The van der Waals surface area contributed by atoms with Crippen molar-refractivity contribution in [2.75, 3.05) is 5.32 Å². The Kier molecular flexibility index (Phi) is 7.11. The van der Waals surface area contributed by atoms with Crippen molar-refractivity contribution in [2.45, 2.75) is 32.7 Å². The van der Waals surface area contributed by atoms with E-state index in [2.05, 4.69) is 46.6 Å². The molecule has 0 aliphatic carbocycles. The third-order valence-electron chi connectivity index (χ3n) is 4.79. The lowest BCUT2D eigenvalue weighted by Crippen LogP contribution is -2.36. The number of pyridine rings is 1. The molecule has 5 nitrogen and oxygen atoms in total. The zero-order valence-electron chi connectivity index (χ0n) is 16.8. The Labute approximate surface area is 171 Å². The number of aromatic nitrogens is 1. The van der Waals surface area contributed by atoms with Crippen molar-refractivity contribution in [2.24, 2.45) is 4.99 Å². The second-order valence-corrected chi connectivity index (χ2v) is 6.90. The number of carbonyl (C=O) groups is 1. The minimum atomic E-state index is -0.206. The molecule has 2 N–H and O–H groups in total. The molecule has 3 aromatic rings. The van der Waals surface area contributed by atoms with Crippen LogP contribution < -0.4 is 10.6 Å². The zero-order chi connectivity index (χ0) is 20.5. The largest absolute Gasteiger partial charge is 0.326 e. The van der Waals surface area contributed by atoms with Crippen molar-refractivity contribution in [3.8, 4) is 0 Å². The number of aliphatic imine (C=N–C) groups is 1. The fourth-order valence-corrected chi connectivity index (χ4v) is 2.81. The molecule has 2 aromatic carbocycles. The van der Waals surface area contributed by atoms with Gasteiger partial charge in [0.05, 0.1) is 6.54 Å². The second kappa shape index (κ2) is 10.2. The molecular formula is C24H26N4O. The van der Waals surface area contributed by atoms with Gasteiger partial charge in [0.25, 0.3) is 5.91 Å². The van der Waals surface area contributed by atoms with Gasteiger partial charge in [-0.15, -0.1) is 0 Å². The number of benzene rings is 2. The summed E-state index contributed by atoms with van der Waals surface area (Å²) in [6.07, 6.45) is 4.56. The predicted molar refractivity (Wildman–Crippen MR) is 118 cm³/mol. The molecule has 3 rings (SSSR count). The van der Waals surface area contributed by atoms with E-state index in [1.807, 2.05) is 42.5 Å². The highest BCUT2D eigenvalue weighted by atomic mass is 16.1. The summed E-state index contributed by atoms with van der Waals surface area (Å²) in [6.45, 7) is 4.83. The van der Waals surface area contributed by atoms with Crippen molar-refractivity contribution in [1.29, 1.82) is 0 Å². The van der Waals surface area contributed by atoms with Gasteiger partial charge in [0.2, 0.25) is 5.96 Å². The van der Waals surface area contributed by atoms with Crippen LogP contribution in [-0.2, 0) is 6.54 Å². The Bertz CT molecular complexity index is 938. The van der Waals surface area contributed by atoms with Gasteiger partial charge < -0.3 is 5.32 Å². The van der Waals surface area contributed by atoms with E-state index in [1.165, 1.54) is 5.56 Å². The summed E-state index contributed by atoms with van der Waals surface area (Å²) in [5.74, 6) is 0.719. The third kappa shape index (κ3) is 6.01. The molecule has 0 unspecified atom stereocenters. The maximum absolute atomic E-state index is 12.6. The Morgan fingerprint density at radius 3 is 2.34 bits per heavy atom. The average molecular weight is 386 g/mol.